The van der Waals surface area contributed by atoms with E-state index >= 15 is 0 Å². The van der Waals surface area contributed by atoms with Crippen molar-refractivity contribution in [2.75, 3.05) is 0 Å². The highest BCUT2D eigenvalue weighted by Crippen LogP contribution is 2.43. The lowest BCUT2D eigenvalue weighted by atomic mass is 9.79. The number of carbonyl (C=O) groups excluding carboxylic acids is 1. The number of carbonyl (C=O) groups is 1. The second-order valence-electron chi connectivity index (χ2n) is 7.73. The summed E-state index contributed by atoms with van der Waals surface area (Å²) in [5.74, 6) is -22.2. The Bertz CT molecular complexity index is 1400. The Hall–Kier alpha value is -4.56. The van der Waals surface area contributed by atoms with Crippen molar-refractivity contribution in [3.63, 3.8) is 0 Å². The molecule has 0 unspecified atom stereocenters. The molecule has 1 aliphatic carbocycles. The summed E-state index contributed by atoms with van der Waals surface area (Å²) in [6.07, 6.45) is -7.81. The van der Waals surface area contributed by atoms with E-state index in [2.05, 4.69) is 10.2 Å². The van der Waals surface area contributed by atoms with Crippen LogP contribution >= 0.6 is 0 Å². The van der Waals surface area contributed by atoms with Gasteiger partial charge in [-0.3, -0.25) is 4.79 Å². The van der Waals surface area contributed by atoms with Crippen molar-refractivity contribution in [3.05, 3.63) is 89.7 Å². The minimum Gasteiger partial charge on any atom is -0.289 e. The van der Waals surface area contributed by atoms with Crippen molar-refractivity contribution < 1.29 is 53.1 Å². The molecule has 0 N–H and O–H groups in total. The third kappa shape index (κ3) is 5.24. The molecule has 1 aliphatic rings. The van der Waals surface area contributed by atoms with E-state index < -0.39 is 111 Å². The van der Waals surface area contributed by atoms with Gasteiger partial charge < -0.3 is 0 Å². The van der Waals surface area contributed by atoms with Crippen LogP contribution in [-0.2, 0) is 4.79 Å². The van der Waals surface area contributed by atoms with Gasteiger partial charge >= 0.3 is 6.18 Å². The summed E-state index contributed by atoms with van der Waals surface area (Å²) < 4.78 is 155. The maximum Gasteiger partial charge on any atom is 0.392 e. The van der Waals surface area contributed by atoms with E-state index in [9.17, 15) is 53.1 Å². The lowest BCUT2D eigenvalue weighted by Gasteiger charge is -2.27. The number of nitrogens with zero attached hydrogens (tertiary/aromatic N) is 6. The molecule has 0 radical (unpaired) electrons. The van der Waals surface area contributed by atoms with Gasteiger partial charge in [-0.1, -0.05) is 10.2 Å². The Labute approximate surface area is 208 Å². The van der Waals surface area contributed by atoms with Gasteiger partial charge in [0.15, 0.2) is 52.3 Å². The normalized spacial score (nSPS) is 17.8. The van der Waals surface area contributed by atoms with Crippen molar-refractivity contribution in [1.82, 2.24) is 0 Å². The molecule has 1 fully saturated rings. The summed E-state index contributed by atoms with van der Waals surface area (Å²) in [7, 11) is 0. The van der Waals surface area contributed by atoms with Crippen LogP contribution in [0.3, 0.4) is 0 Å². The summed E-state index contributed by atoms with van der Waals surface area (Å²) in [6, 6.07) is 0. The fourth-order valence-electron chi connectivity index (χ4n) is 3.62. The molecule has 0 saturated heterocycles. The highest BCUT2D eigenvalue weighted by atomic mass is 19.4. The van der Waals surface area contributed by atoms with E-state index in [1.165, 1.54) is 0 Å². The van der Waals surface area contributed by atoms with Crippen molar-refractivity contribution in [1.29, 1.82) is 0 Å². The molecule has 2 aromatic carbocycles. The quantitative estimate of drug-likeness (QED) is 0.0901. The Morgan fingerprint density at radius 2 is 0.949 bits per heavy atom. The number of azide groups is 2. The Balaban J connectivity index is 2.27. The molecule has 204 valence electrons. The number of alkyl halides is 3. The van der Waals surface area contributed by atoms with E-state index in [0.717, 1.165) is 0 Å². The van der Waals surface area contributed by atoms with Gasteiger partial charge in [0.1, 0.15) is 11.4 Å². The first-order chi connectivity index (χ1) is 18.1. The van der Waals surface area contributed by atoms with Gasteiger partial charge in [-0.2, -0.15) is 13.2 Å². The van der Waals surface area contributed by atoms with Gasteiger partial charge in [0.05, 0.1) is 17.0 Å². The number of rotatable bonds is 4. The van der Waals surface area contributed by atoms with Crippen molar-refractivity contribution in [2.45, 2.75) is 19.0 Å². The summed E-state index contributed by atoms with van der Waals surface area (Å²) in [5, 5.41) is 4.86. The second-order valence-corrected chi connectivity index (χ2v) is 7.73. The van der Waals surface area contributed by atoms with Gasteiger partial charge in [0.25, 0.3) is 0 Å². The van der Waals surface area contributed by atoms with E-state index in [1.807, 2.05) is 9.82 Å². The minimum atomic E-state index is -5.16. The number of allylic oxidation sites excluding steroid dienone is 2. The number of Topliss-reactive ketones (excluding diaryl/α,β-unsaturated/α-hetero) is 1. The van der Waals surface area contributed by atoms with Crippen LogP contribution in [0.5, 0.6) is 0 Å². The number of halogens is 11. The molecule has 7 nitrogen and oxygen atoms in total. The van der Waals surface area contributed by atoms with Gasteiger partial charge in [-0.05, 0) is 36.1 Å². The molecular weight excluding hydrogens is 561 g/mol. The SMILES string of the molecule is [N-]=[N+]=Nc1c(F)c(F)c(/C=C2\CC(C(F)(F)F)C/C(=C\c3c(F)c(F)c(N=[N+]=[N-])c(F)c3F)C2=O)c(F)c1F. The molecule has 0 spiro atoms. The zero-order valence-electron chi connectivity index (χ0n) is 18.4. The third-order valence-electron chi connectivity index (χ3n) is 5.45. The first kappa shape index (κ1) is 29.0. The molecule has 3 rings (SSSR count). The first-order valence-corrected chi connectivity index (χ1v) is 10.00. The topological polar surface area (TPSA) is 115 Å². The van der Waals surface area contributed by atoms with E-state index in [1.54, 1.807) is 0 Å². The monoisotopic (exact) mass is 568 g/mol. The molecule has 0 aliphatic heterocycles. The van der Waals surface area contributed by atoms with Gasteiger partial charge in [0, 0.05) is 21.0 Å². The van der Waals surface area contributed by atoms with Crippen LogP contribution < -0.4 is 0 Å². The summed E-state index contributed by atoms with van der Waals surface area (Å²) in [6.45, 7) is 0. The largest absolute Gasteiger partial charge is 0.392 e. The van der Waals surface area contributed by atoms with Crippen molar-refractivity contribution in [2.24, 2.45) is 16.1 Å². The molecule has 18 heteroatoms. The molecule has 39 heavy (non-hydrogen) atoms. The maximum absolute atomic E-state index is 14.4. The predicted molar refractivity (Wildman–Crippen MR) is 110 cm³/mol. The summed E-state index contributed by atoms with van der Waals surface area (Å²) in [4.78, 5) is 16.8. The predicted octanol–water partition coefficient (Wildman–Crippen LogP) is 8.69. The number of hydrogen-bond acceptors (Lipinski definition) is 3. The molecular formula is C21H7F11N6O. The van der Waals surface area contributed by atoms with Crippen molar-refractivity contribution >= 4 is 29.3 Å². The van der Waals surface area contributed by atoms with Crippen LogP contribution in [0, 0.1) is 52.5 Å². The number of ketones is 1. The molecule has 0 aromatic heterocycles. The van der Waals surface area contributed by atoms with Crippen LogP contribution in [0.2, 0.25) is 0 Å². The van der Waals surface area contributed by atoms with Gasteiger partial charge in [-0.15, -0.1) is 0 Å². The lowest BCUT2D eigenvalue weighted by Crippen LogP contribution is -2.30. The van der Waals surface area contributed by atoms with E-state index in [-0.39, 0.29) is 12.2 Å². The zero-order valence-corrected chi connectivity index (χ0v) is 18.4. The zero-order chi connectivity index (χ0) is 29.4. The Kier molecular flexibility index (Phi) is 7.93. The van der Waals surface area contributed by atoms with E-state index in [0.29, 0.717) is 0 Å². The third-order valence-corrected chi connectivity index (χ3v) is 5.45. The van der Waals surface area contributed by atoms with Gasteiger partial charge in [-0.25, -0.2) is 35.1 Å². The van der Waals surface area contributed by atoms with Crippen LogP contribution in [0.1, 0.15) is 24.0 Å². The molecule has 0 bridgehead atoms. The van der Waals surface area contributed by atoms with E-state index in [4.69, 9.17) is 11.1 Å². The first-order valence-electron chi connectivity index (χ1n) is 10.00. The maximum atomic E-state index is 14.4. The minimum absolute atomic E-state index is 0.00335. The molecule has 1 saturated carbocycles. The average molecular weight is 568 g/mol. The standard InChI is InChI=1S/C21H7F11N6O/c22-10-8(11(23)15(27)18(14(10)26)35-37-33)3-5-1-7(21(30,31)32)2-6(20(5)39)4-9-12(24)16(28)19(36-38-34)17(29)13(9)25/h3-4,7H,1-2H2/b5-3+,6-4+. The van der Waals surface area contributed by atoms with Crippen LogP contribution in [0.4, 0.5) is 59.7 Å². The fraction of sp³-hybridized carbons (Fsp3) is 0.190. The highest BCUT2D eigenvalue weighted by Gasteiger charge is 2.45. The highest BCUT2D eigenvalue weighted by molar-refractivity contribution is 6.14. The van der Waals surface area contributed by atoms with Crippen LogP contribution in [0.15, 0.2) is 21.4 Å². The number of hydrogen-bond donors (Lipinski definition) is 0. The van der Waals surface area contributed by atoms with Crippen LogP contribution in [0.25, 0.3) is 33.0 Å². The van der Waals surface area contributed by atoms with Crippen molar-refractivity contribution in [3.8, 4) is 0 Å². The molecule has 2 aromatic rings. The van der Waals surface area contributed by atoms with Gasteiger partial charge in [0.2, 0.25) is 0 Å². The Morgan fingerprint density at radius 1 is 0.641 bits per heavy atom. The summed E-state index contributed by atoms with van der Waals surface area (Å²) >= 11 is 0. The number of benzene rings is 2. The van der Waals surface area contributed by atoms with Crippen LogP contribution in [-0.4, -0.2) is 12.0 Å². The Morgan fingerprint density at radius 3 is 1.21 bits per heavy atom. The fourth-order valence-corrected chi connectivity index (χ4v) is 3.62. The lowest BCUT2D eigenvalue weighted by molar-refractivity contribution is -0.175. The summed E-state index contributed by atoms with van der Waals surface area (Å²) in [5.41, 5.74) is 7.35. The second kappa shape index (κ2) is 10.7. The molecule has 0 atom stereocenters. The molecule has 0 heterocycles. The molecule has 0 amide bonds. The average Bonchev–Trinajstić information content (AvgIpc) is 2.88. The smallest absolute Gasteiger partial charge is 0.289 e.